The molecule has 1 aromatic carbocycles. The average molecular weight is 250 g/mol. The number of aliphatic hydroxyl groups excluding tert-OH is 1. The summed E-state index contributed by atoms with van der Waals surface area (Å²) in [7, 11) is 0. The number of halogens is 1. The smallest absolute Gasteiger partial charge is 0.133 e. The van der Waals surface area contributed by atoms with Crippen molar-refractivity contribution in [2.24, 2.45) is 0 Å². The minimum absolute atomic E-state index is 0.0345. The van der Waals surface area contributed by atoms with Crippen molar-refractivity contribution < 1.29 is 9.84 Å². The third-order valence-electron chi connectivity index (χ3n) is 3.31. The first-order chi connectivity index (χ1) is 8.25. The number of hydrogen-bond donors (Lipinski definition) is 1. The van der Waals surface area contributed by atoms with Crippen molar-refractivity contribution in [2.75, 3.05) is 19.8 Å². The van der Waals surface area contributed by atoms with E-state index in [1.54, 1.807) is 0 Å². The zero-order valence-corrected chi connectivity index (χ0v) is 9.94. The van der Waals surface area contributed by atoms with Gasteiger partial charge in [-0.05, 0) is 12.1 Å². The van der Waals surface area contributed by atoms with Gasteiger partial charge in [-0.15, -0.1) is 0 Å². The minimum atomic E-state index is -0.367. The molecule has 0 spiro atoms. The number of pyridine rings is 1. The number of para-hydroxylation sites is 1. The van der Waals surface area contributed by atoms with Crippen LogP contribution in [0.25, 0.3) is 10.9 Å². The molecule has 0 radical (unpaired) electrons. The van der Waals surface area contributed by atoms with Crippen molar-refractivity contribution in [3.8, 4) is 0 Å². The Hall–Kier alpha value is -1.16. The third-order valence-corrected chi connectivity index (χ3v) is 3.60. The number of benzene rings is 1. The van der Waals surface area contributed by atoms with Crippen molar-refractivity contribution in [3.05, 3.63) is 41.0 Å². The van der Waals surface area contributed by atoms with Crippen LogP contribution in [0.3, 0.4) is 0 Å². The van der Waals surface area contributed by atoms with Crippen molar-refractivity contribution >= 4 is 22.5 Å². The molecule has 0 unspecified atom stereocenters. The summed E-state index contributed by atoms with van der Waals surface area (Å²) < 4.78 is 5.20. The van der Waals surface area contributed by atoms with Crippen LogP contribution in [0.1, 0.15) is 5.56 Å². The van der Waals surface area contributed by atoms with Gasteiger partial charge in [-0.2, -0.15) is 0 Å². The maximum Gasteiger partial charge on any atom is 0.133 e. The summed E-state index contributed by atoms with van der Waals surface area (Å²) in [6.07, 6.45) is 0. The van der Waals surface area contributed by atoms with E-state index >= 15 is 0 Å². The van der Waals surface area contributed by atoms with E-state index < -0.39 is 0 Å². The molecule has 88 valence electrons. The van der Waals surface area contributed by atoms with Crippen molar-refractivity contribution in [1.29, 1.82) is 0 Å². The number of aliphatic hydroxyl groups is 1. The number of fused-ring (bicyclic) bond motifs is 1. The summed E-state index contributed by atoms with van der Waals surface area (Å²) in [5, 5.41) is 11.0. The Labute approximate surface area is 104 Å². The summed E-state index contributed by atoms with van der Waals surface area (Å²) >= 11 is 6.20. The zero-order chi connectivity index (χ0) is 11.9. The lowest BCUT2D eigenvalue weighted by Gasteiger charge is -2.40. The highest BCUT2D eigenvalue weighted by Crippen LogP contribution is 2.37. The molecule has 4 heteroatoms. The van der Waals surface area contributed by atoms with E-state index in [-0.39, 0.29) is 12.0 Å². The zero-order valence-electron chi connectivity index (χ0n) is 9.19. The molecule has 0 amide bonds. The second-order valence-electron chi connectivity index (χ2n) is 4.45. The number of aromatic nitrogens is 1. The molecule has 3 nitrogen and oxygen atoms in total. The topological polar surface area (TPSA) is 42.4 Å². The third kappa shape index (κ3) is 1.62. The molecular formula is C13H12ClNO2. The first kappa shape index (κ1) is 11.0. The van der Waals surface area contributed by atoms with Crippen molar-refractivity contribution in [2.45, 2.75) is 5.41 Å². The minimum Gasteiger partial charge on any atom is -0.395 e. The van der Waals surface area contributed by atoms with Crippen LogP contribution in [0.2, 0.25) is 5.15 Å². The highest BCUT2D eigenvalue weighted by molar-refractivity contribution is 6.30. The van der Waals surface area contributed by atoms with Crippen LogP contribution < -0.4 is 0 Å². The van der Waals surface area contributed by atoms with Crippen molar-refractivity contribution in [3.63, 3.8) is 0 Å². The molecule has 1 aliphatic rings. The standard InChI is InChI=1S/C13H12ClNO2/c14-12-10(13(6-16)7-17-8-13)5-9-3-1-2-4-11(9)15-12/h1-5,16H,6-8H2. The van der Waals surface area contributed by atoms with E-state index in [0.717, 1.165) is 16.5 Å². The van der Waals surface area contributed by atoms with Gasteiger partial charge in [0.2, 0.25) is 0 Å². The molecule has 1 fully saturated rings. The SMILES string of the molecule is OCC1(c2cc3ccccc3nc2Cl)COC1. The van der Waals surface area contributed by atoms with E-state index in [0.29, 0.717) is 18.4 Å². The maximum absolute atomic E-state index is 9.52. The predicted octanol–water partition coefficient (Wildman–Crippen LogP) is 2.15. The summed E-state index contributed by atoms with van der Waals surface area (Å²) in [5.41, 5.74) is 1.38. The van der Waals surface area contributed by atoms with Gasteiger partial charge in [0.1, 0.15) is 5.15 Å². The number of nitrogens with zero attached hydrogens (tertiary/aromatic N) is 1. The van der Waals surface area contributed by atoms with E-state index in [1.807, 2.05) is 30.3 Å². The Balaban J connectivity index is 2.19. The second-order valence-corrected chi connectivity index (χ2v) is 4.81. The fourth-order valence-corrected chi connectivity index (χ4v) is 2.49. The Morgan fingerprint density at radius 3 is 2.76 bits per heavy atom. The summed E-state index contributed by atoms with van der Waals surface area (Å²) in [4.78, 5) is 4.37. The first-order valence-corrected chi connectivity index (χ1v) is 5.87. The second kappa shape index (κ2) is 3.95. The van der Waals surface area contributed by atoms with Gasteiger partial charge in [-0.3, -0.25) is 0 Å². The largest absolute Gasteiger partial charge is 0.395 e. The normalized spacial score (nSPS) is 18.0. The molecule has 1 aliphatic heterocycles. The van der Waals surface area contributed by atoms with E-state index in [2.05, 4.69) is 4.98 Å². The summed E-state index contributed by atoms with van der Waals surface area (Å²) in [5.74, 6) is 0. The van der Waals surface area contributed by atoms with Crippen LogP contribution in [0, 0.1) is 0 Å². The van der Waals surface area contributed by atoms with Gasteiger partial charge >= 0.3 is 0 Å². The molecule has 1 saturated heterocycles. The lowest BCUT2D eigenvalue weighted by atomic mass is 9.80. The molecule has 0 bridgehead atoms. The molecular weight excluding hydrogens is 238 g/mol. The predicted molar refractivity (Wildman–Crippen MR) is 66.3 cm³/mol. The van der Waals surface area contributed by atoms with Crippen LogP contribution in [-0.4, -0.2) is 29.9 Å². The molecule has 3 rings (SSSR count). The molecule has 2 aromatic rings. The molecule has 0 atom stereocenters. The highest BCUT2D eigenvalue weighted by Gasteiger charge is 2.41. The van der Waals surface area contributed by atoms with Gasteiger partial charge in [0, 0.05) is 10.9 Å². The van der Waals surface area contributed by atoms with E-state index in [1.165, 1.54) is 0 Å². The Kier molecular flexibility index (Phi) is 2.54. The fraction of sp³-hybridized carbons (Fsp3) is 0.308. The number of hydrogen-bond acceptors (Lipinski definition) is 3. The van der Waals surface area contributed by atoms with Gasteiger partial charge in [0.15, 0.2) is 0 Å². The quantitative estimate of drug-likeness (QED) is 0.830. The van der Waals surface area contributed by atoms with Gasteiger partial charge in [-0.1, -0.05) is 29.8 Å². The van der Waals surface area contributed by atoms with Crippen LogP contribution >= 0.6 is 11.6 Å². The number of rotatable bonds is 2. The molecule has 1 N–H and O–H groups in total. The average Bonchev–Trinajstić information content (AvgIpc) is 2.29. The first-order valence-electron chi connectivity index (χ1n) is 5.50. The van der Waals surface area contributed by atoms with Crippen LogP contribution in [0.4, 0.5) is 0 Å². The van der Waals surface area contributed by atoms with Gasteiger partial charge in [0.05, 0.1) is 30.8 Å². The van der Waals surface area contributed by atoms with Gasteiger partial charge in [-0.25, -0.2) is 4.98 Å². The summed E-state index contributed by atoms with van der Waals surface area (Å²) in [6, 6.07) is 9.81. The lowest BCUT2D eigenvalue weighted by Crippen LogP contribution is -2.50. The molecule has 1 aromatic heterocycles. The summed E-state index contributed by atoms with van der Waals surface area (Å²) in [6.45, 7) is 1.04. The van der Waals surface area contributed by atoms with Crippen molar-refractivity contribution in [1.82, 2.24) is 4.98 Å². The lowest BCUT2D eigenvalue weighted by molar-refractivity contribution is -0.0841. The monoisotopic (exact) mass is 249 g/mol. The number of ether oxygens (including phenoxy) is 1. The van der Waals surface area contributed by atoms with Gasteiger partial charge < -0.3 is 9.84 Å². The Bertz CT molecular complexity index is 561. The Morgan fingerprint density at radius 2 is 2.12 bits per heavy atom. The van der Waals surface area contributed by atoms with Crippen LogP contribution in [0.5, 0.6) is 0 Å². The van der Waals surface area contributed by atoms with Crippen LogP contribution in [0.15, 0.2) is 30.3 Å². The Morgan fingerprint density at radius 1 is 1.35 bits per heavy atom. The molecule has 0 aliphatic carbocycles. The maximum atomic E-state index is 9.52. The van der Waals surface area contributed by atoms with E-state index in [4.69, 9.17) is 16.3 Å². The molecule has 17 heavy (non-hydrogen) atoms. The van der Waals surface area contributed by atoms with Gasteiger partial charge in [0.25, 0.3) is 0 Å². The molecule has 2 heterocycles. The highest BCUT2D eigenvalue weighted by atomic mass is 35.5. The van der Waals surface area contributed by atoms with E-state index in [9.17, 15) is 5.11 Å². The molecule has 0 saturated carbocycles. The van der Waals surface area contributed by atoms with Crippen LogP contribution in [-0.2, 0) is 10.2 Å². The fourth-order valence-electron chi connectivity index (χ4n) is 2.14.